The number of carbonyl (C=O) groups is 2. The number of piperazine rings is 1. The molecule has 0 saturated carbocycles. The van der Waals surface area contributed by atoms with Crippen molar-refractivity contribution < 1.29 is 14.0 Å². The number of nitrogens with one attached hydrogen (secondary N) is 1. The monoisotopic (exact) mass is 271 g/mol. The maximum absolute atomic E-state index is 13.8. The number of rotatable bonds is 1. The number of amides is 2. The Balaban J connectivity index is 2.47. The molecule has 2 amide bonds. The molecule has 1 aliphatic heterocycles. The van der Waals surface area contributed by atoms with E-state index in [0.29, 0.717) is 0 Å². The van der Waals surface area contributed by atoms with Crippen molar-refractivity contribution in [3.63, 3.8) is 0 Å². The van der Waals surface area contributed by atoms with E-state index in [2.05, 4.69) is 10.3 Å². The van der Waals surface area contributed by atoms with Gasteiger partial charge in [0.1, 0.15) is 5.54 Å². The third-order valence-electron chi connectivity index (χ3n) is 2.83. The van der Waals surface area contributed by atoms with Crippen molar-refractivity contribution in [2.45, 2.75) is 19.4 Å². The molecule has 2 heterocycles. The third kappa shape index (κ3) is 2.03. The zero-order valence-corrected chi connectivity index (χ0v) is 10.6. The minimum absolute atomic E-state index is 0.0624. The van der Waals surface area contributed by atoms with Crippen LogP contribution in [-0.2, 0) is 9.59 Å². The first-order valence-electron chi connectivity index (χ1n) is 5.25. The summed E-state index contributed by atoms with van der Waals surface area (Å²) >= 11 is 5.62. The fraction of sp³-hybridized carbons (Fsp3) is 0.364. The highest BCUT2D eigenvalue weighted by molar-refractivity contribution is 6.30. The standard InChI is InChI=1S/C11H11ClFN3O2/c1-11(2)10(18)15-8(17)5-16(11)9-7(13)3-6(12)4-14-9/h3-4H,5H2,1-2H3,(H,15,17,18). The second kappa shape index (κ2) is 4.20. The van der Waals surface area contributed by atoms with Crippen LogP contribution in [0.15, 0.2) is 12.3 Å². The second-order valence-electron chi connectivity index (χ2n) is 4.48. The average molecular weight is 272 g/mol. The van der Waals surface area contributed by atoms with Crippen LogP contribution < -0.4 is 10.2 Å². The minimum atomic E-state index is -1.06. The maximum Gasteiger partial charge on any atom is 0.251 e. The molecule has 0 atom stereocenters. The predicted octanol–water partition coefficient (Wildman–Crippen LogP) is 1.12. The van der Waals surface area contributed by atoms with E-state index in [1.165, 1.54) is 11.1 Å². The lowest BCUT2D eigenvalue weighted by Gasteiger charge is -2.40. The van der Waals surface area contributed by atoms with E-state index in [1.54, 1.807) is 13.8 Å². The molecule has 0 radical (unpaired) electrons. The van der Waals surface area contributed by atoms with Crippen molar-refractivity contribution in [1.82, 2.24) is 10.3 Å². The molecule has 0 aromatic carbocycles. The maximum atomic E-state index is 13.8. The molecular weight excluding hydrogens is 261 g/mol. The zero-order valence-electron chi connectivity index (χ0n) is 9.83. The van der Waals surface area contributed by atoms with Crippen molar-refractivity contribution in [3.8, 4) is 0 Å². The summed E-state index contributed by atoms with van der Waals surface area (Å²) < 4.78 is 13.8. The van der Waals surface area contributed by atoms with E-state index < -0.39 is 23.2 Å². The topological polar surface area (TPSA) is 62.3 Å². The quantitative estimate of drug-likeness (QED) is 0.778. The van der Waals surface area contributed by atoms with Crippen molar-refractivity contribution >= 4 is 29.2 Å². The van der Waals surface area contributed by atoms with Gasteiger partial charge in [0.2, 0.25) is 5.91 Å². The Hall–Kier alpha value is -1.69. The first kappa shape index (κ1) is 12.8. The normalized spacial score (nSPS) is 18.8. The number of nitrogens with zero attached hydrogens (tertiary/aromatic N) is 2. The Morgan fingerprint density at radius 1 is 1.50 bits per heavy atom. The summed E-state index contributed by atoms with van der Waals surface area (Å²) in [5.74, 6) is -1.71. The molecule has 0 spiro atoms. The summed E-state index contributed by atoms with van der Waals surface area (Å²) in [7, 11) is 0. The van der Waals surface area contributed by atoms with Crippen molar-refractivity contribution in [3.05, 3.63) is 23.1 Å². The van der Waals surface area contributed by atoms with Gasteiger partial charge in [-0.25, -0.2) is 9.37 Å². The fourth-order valence-corrected chi connectivity index (χ4v) is 1.87. The van der Waals surface area contributed by atoms with Crippen LogP contribution >= 0.6 is 11.6 Å². The van der Waals surface area contributed by atoms with Crippen molar-refractivity contribution in [2.24, 2.45) is 0 Å². The highest BCUT2D eigenvalue weighted by Gasteiger charge is 2.42. The summed E-state index contributed by atoms with van der Waals surface area (Å²) in [4.78, 5) is 28.3. The number of anilines is 1. The minimum Gasteiger partial charge on any atom is -0.331 e. The molecule has 18 heavy (non-hydrogen) atoms. The summed E-state index contributed by atoms with van der Waals surface area (Å²) in [5.41, 5.74) is -1.06. The average Bonchev–Trinajstić information content (AvgIpc) is 2.24. The molecule has 0 unspecified atom stereocenters. The number of hydrogen-bond donors (Lipinski definition) is 1. The summed E-state index contributed by atoms with van der Waals surface area (Å²) in [6.07, 6.45) is 1.27. The molecule has 1 saturated heterocycles. The van der Waals surface area contributed by atoms with Crippen LogP contribution in [0.25, 0.3) is 0 Å². The Bertz CT molecular complexity index is 533. The van der Waals surface area contributed by atoms with Crippen LogP contribution in [0.4, 0.5) is 10.2 Å². The number of pyridine rings is 1. The molecule has 0 aliphatic carbocycles. The van der Waals surface area contributed by atoms with Crippen LogP contribution in [-0.4, -0.2) is 28.9 Å². The predicted molar refractivity (Wildman–Crippen MR) is 63.8 cm³/mol. The van der Waals surface area contributed by atoms with Crippen LogP contribution in [0.1, 0.15) is 13.8 Å². The van der Waals surface area contributed by atoms with Gasteiger partial charge in [0.25, 0.3) is 5.91 Å². The zero-order chi connectivity index (χ0) is 13.5. The van der Waals surface area contributed by atoms with E-state index >= 15 is 0 Å². The highest BCUT2D eigenvalue weighted by atomic mass is 35.5. The van der Waals surface area contributed by atoms with E-state index in [9.17, 15) is 14.0 Å². The molecule has 96 valence electrons. The molecule has 1 aromatic heterocycles. The lowest BCUT2D eigenvalue weighted by molar-refractivity contribution is -0.135. The van der Waals surface area contributed by atoms with Crippen LogP contribution in [0.5, 0.6) is 0 Å². The van der Waals surface area contributed by atoms with Gasteiger partial charge in [-0.1, -0.05) is 11.6 Å². The molecule has 1 aromatic rings. The first-order chi connectivity index (χ1) is 8.32. The summed E-state index contributed by atoms with van der Waals surface area (Å²) in [6.45, 7) is 3.04. The largest absolute Gasteiger partial charge is 0.331 e. The summed E-state index contributed by atoms with van der Waals surface area (Å²) in [6, 6.07) is 1.09. The molecule has 0 bridgehead atoms. The van der Waals surface area contributed by atoms with E-state index in [-0.39, 0.29) is 17.4 Å². The lowest BCUT2D eigenvalue weighted by atomic mass is 9.98. The van der Waals surface area contributed by atoms with Gasteiger partial charge < -0.3 is 4.90 Å². The highest BCUT2D eigenvalue weighted by Crippen LogP contribution is 2.28. The van der Waals surface area contributed by atoms with Gasteiger partial charge in [-0.05, 0) is 19.9 Å². The Labute approximate surface area is 108 Å². The molecular formula is C11H11ClFN3O2. The van der Waals surface area contributed by atoms with Gasteiger partial charge in [-0.3, -0.25) is 14.9 Å². The number of halogens is 2. The van der Waals surface area contributed by atoms with Gasteiger partial charge >= 0.3 is 0 Å². The lowest BCUT2D eigenvalue weighted by Crippen LogP contribution is -2.64. The van der Waals surface area contributed by atoms with Gasteiger partial charge in [0.05, 0.1) is 11.6 Å². The van der Waals surface area contributed by atoms with E-state index in [4.69, 9.17) is 11.6 Å². The van der Waals surface area contributed by atoms with Crippen LogP contribution in [0.2, 0.25) is 5.02 Å². The van der Waals surface area contributed by atoms with Crippen molar-refractivity contribution in [2.75, 3.05) is 11.4 Å². The number of carbonyl (C=O) groups excluding carboxylic acids is 2. The molecule has 5 nitrogen and oxygen atoms in total. The molecule has 7 heteroatoms. The second-order valence-corrected chi connectivity index (χ2v) is 4.92. The van der Waals surface area contributed by atoms with Gasteiger partial charge in [0, 0.05) is 6.20 Å². The number of aromatic nitrogens is 1. The van der Waals surface area contributed by atoms with Crippen LogP contribution in [0, 0.1) is 5.82 Å². The molecule has 1 N–H and O–H groups in total. The third-order valence-corrected chi connectivity index (χ3v) is 3.04. The van der Waals surface area contributed by atoms with Gasteiger partial charge in [-0.15, -0.1) is 0 Å². The number of hydrogen-bond acceptors (Lipinski definition) is 4. The summed E-state index contributed by atoms with van der Waals surface area (Å²) in [5, 5.41) is 2.36. The van der Waals surface area contributed by atoms with Crippen LogP contribution in [0.3, 0.4) is 0 Å². The fourth-order valence-electron chi connectivity index (χ4n) is 1.73. The van der Waals surface area contributed by atoms with Gasteiger partial charge in [0.15, 0.2) is 11.6 Å². The molecule has 1 fully saturated rings. The smallest absolute Gasteiger partial charge is 0.251 e. The molecule has 1 aliphatic rings. The first-order valence-corrected chi connectivity index (χ1v) is 5.63. The van der Waals surface area contributed by atoms with Gasteiger partial charge in [-0.2, -0.15) is 0 Å². The van der Waals surface area contributed by atoms with E-state index in [0.717, 1.165) is 6.07 Å². The SMILES string of the molecule is CC1(C)C(=O)NC(=O)CN1c1ncc(Cl)cc1F. The Kier molecular flexibility index (Phi) is 2.98. The van der Waals surface area contributed by atoms with Crippen molar-refractivity contribution in [1.29, 1.82) is 0 Å². The van der Waals surface area contributed by atoms with E-state index in [1.807, 2.05) is 0 Å². The Morgan fingerprint density at radius 3 is 2.78 bits per heavy atom. The number of imide groups is 1. The Morgan fingerprint density at radius 2 is 2.17 bits per heavy atom. The molecule has 2 rings (SSSR count).